The second kappa shape index (κ2) is 8.42. The first-order valence-electron chi connectivity index (χ1n) is 10.8. The summed E-state index contributed by atoms with van der Waals surface area (Å²) in [4.78, 5) is 20.7. The van der Waals surface area contributed by atoms with Gasteiger partial charge < -0.3 is 15.2 Å². The van der Waals surface area contributed by atoms with E-state index in [4.69, 9.17) is 4.74 Å². The van der Waals surface area contributed by atoms with Gasteiger partial charge in [-0.05, 0) is 42.5 Å². The highest BCUT2D eigenvalue weighted by molar-refractivity contribution is 5.65. The topological polar surface area (TPSA) is 87.6 Å². The predicted octanol–water partition coefficient (Wildman–Crippen LogP) is 3.51. The molecule has 1 aromatic heterocycles. The lowest BCUT2D eigenvalue weighted by Crippen LogP contribution is -2.51. The number of halogens is 5. The highest BCUT2D eigenvalue weighted by Gasteiger charge is 2.46. The average molecular weight is 484 g/mol. The fourth-order valence-electron chi connectivity index (χ4n) is 5.45. The SMILES string of the molecule is O=C(O)N[C@H]1C[C@@H](N2CC3Cc4nc(C(F)(F)F)ncc4C3C2)CO[C@@H]1c1cc(F)ccc1F. The number of fused-ring (bicyclic) bond motifs is 3. The minimum Gasteiger partial charge on any atom is -0.465 e. The second-order valence-corrected chi connectivity index (χ2v) is 8.98. The molecule has 2 N–H and O–H groups in total. The zero-order chi connectivity index (χ0) is 24.2. The number of alkyl halides is 3. The lowest BCUT2D eigenvalue weighted by molar-refractivity contribution is -0.145. The number of hydrogen-bond donors (Lipinski definition) is 2. The molecular weight excluding hydrogens is 463 g/mol. The van der Waals surface area contributed by atoms with Gasteiger partial charge in [0, 0.05) is 42.5 Å². The maximum atomic E-state index is 14.3. The van der Waals surface area contributed by atoms with E-state index in [1.54, 1.807) is 0 Å². The minimum atomic E-state index is -4.60. The summed E-state index contributed by atoms with van der Waals surface area (Å²) in [6.07, 6.45) is -4.91. The molecule has 2 fully saturated rings. The first-order chi connectivity index (χ1) is 16.1. The first kappa shape index (κ1) is 22.9. The molecule has 5 rings (SSSR count). The Hall–Kier alpha value is -2.86. The maximum Gasteiger partial charge on any atom is 0.451 e. The lowest BCUT2D eigenvalue weighted by Gasteiger charge is -2.40. The van der Waals surface area contributed by atoms with Crippen LogP contribution in [0.2, 0.25) is 0 Å². The van der Waals surface area contributed by atoms with Crippen molar-refractivity contribution in [1.29, 1.82) is 0 Å². The van der Waals surface area contributed by atoms with Crippen LogP contribution in [0.4, 0.5) is 26.7 Å². The normalized spacial score (nSPS) is 29.0. The summed E-state index contributed by atoms with van der Waals surface area (Å²) in [5.74, 6) is -2.44. The summed E-state index contributed by atoms with van der Waals surface area (Å²) in [6.45, 7) is 1.29. The summed E-state index contributed by atoms with van der Waals surface area (Å²) < 4.78 is 72.7. The fourth-order valence-corrected chi connectivity index (χ4v) is 5.45. The Labute approximate surface area is 190 Å². The molecule has 0 radical (unpaired) electrons. The zero-order valence-electron chi connectivity index (χ0n) is 17.7. The van der Waals surface area contributed by atoms with Crippen LogP contribution in [0.3, 0.4) is 0 Å². The summed E-state index contributed by atoms with van der Waals surface area (Å²) >= 11 is 0. The molecule has 1 amide bonds. The van der Waals surface area contributed by atoms with E-state index in [-0.39, 0.29) is 30.0 Å². The summed E-state index contributed by atoms with van der Waals surface area (Å²) in [5, 5.41) is 11.7. The Kier molecular flexibility index (Phi) is 5.67. The number of nitrogens with zero attached hydrogens (tertiary/aromatic N) is 3. The molecule has 3 heterocycles. The van der Waals surface area contributed by atoms with Crippen LogP contribution in [0.1, 0.15) is 41.1 Å². The Morgan fingerprint density at radius 2 is 2.00 bits per heavy atom. The van der Waals surface area contributed by atoms with Gasteiger partial charge in [0.2, 0.25) is 5.82 Å². The first-order valence-corrected chi connectivity index (χ1v) is 10.8. The van der Waals surface area contributed by atoms with E-state index in [2.05, 4.69) is 20.2 Å². The number of hydrogen-bond acceptors (Lipinski definition) is 5. The van der Waals surface area contributed by atoms with Gasteiger partial charge in [-0.3, -0.25) is 4.90 Å². The Morgan fingerprint density at radius 3 is 2.74 bits per heavy atom. The number of amides is 1. The van der Waals surface area contributed by atoms with Gasteiger partial charge in [0.15, 0.2) is 0 Å². The third-order valence-electron chi connectivity index (χ3n) is 6.93. The van der Waals surface area contributed by atoms with E-state index in [1.807, 2.05) is 0 Å². The molecule has 3 aliphatic rings. The third-order valence-corrected chi connectivity index (χ3v) is 6.93. The molecule has 0 saturated carbocycles. The molecule has 7 nitrogen and oxygen atoms in total. The quantitative estimate of drug-likeness (QED) is 0.649. The number of nitrogens with one attached hydrogen (secondary N) is 1. The Balaban J connectivity index is 1.31. The molecule has 2 aliphatic heterocycles. The van der Waals surface area contributed by atoms with Crippen molar-refractivity contribution in [3.63, 3.8) is 0 Å². The van der Waals surface area contributed by atoms with E-state index in [0.717, 1.165) is 18.2 Å². The van der Waals surface area contributed by atoms with Crippen molar-refractivity contribution in [2.45, 2.75) is 43.1 Å². The van der Waals surface area contributed by atoms with Crippen LogP contribution in [0.5, 0.6) is 0 Å². The molecule has 0 spiro atoms. The number of ether oxygens (including phenoxy) is 1. The van der Waals surface area contributed by atoms with Gasteiger partial charge in [-0.25, -0.2) is 23.5 Å². The van der Waals surface area contributed by atoms with Crippen LogP contribution in [-0.2, 0) is 17.3 Å². The molecule has 2 saturated heterocycles. The molecule has 0 bridgehead atoms. The lowest BCUT2D eigenvalue weighted by atomic mass is 9.92. The Morgan fingerprint density at radius 1 is 1.21 bits per heavy atom. The van der Waals surface area contributed by atoms with Crippen LogP contribution in [-0.4, -0.2) is 57.8 Å². The van der Waals surface area contributed by atoms with Gasteiger partial charge in [0.1, 0.15) is 17.7 Å². The highest BCUT2D eigenvalue weighted by Crippen LogP contribution is 2.44. The largest absolute Gasteiger partial charge is 0.465 e. The van der Waals surface area contributed by atoms with Crippen LogP contribution in [0.25, 0.3) is 0 Å². The smallest absolute Gasteiger partial charge is 0.451 e. The number of rotatable bonds is 3. The number of aromatic nitrogens is 2. The van der Waals surface area contributed by atoms with Crippen LogP contribution in [0, 0.1) is 17.6 Å². The van der Waals surface area contributed by atoms with Crippen molar-refractivity contribution in [2.75, 3.05) is 19.7 Å². The number of likely N-dealkylation sites (tertiary alicyclic amines) is 1. The van der Waals surface area contributed by atoms with Crippen LogP contribution < -0.4 is 5.32 Å². The molecule has 1 aliphatic carbocycles. The van der Waals surface area contributed by atoms with Crippen molar-refractivity contribution in [2.24, 2.45) is 5.92 Å². The number of carbonyl (C=O) groups is 1. The molecular formula is C22H21F5N4O3. The molecule has 2 aromatic rings. The molecule has 2 unspecified atom stereocenters. The summed E-state index contributed by atoms with van der Waals surface area (Å²) in [7, 11) is 0. The number of benzene rings is 1. The van der Waals surface area contributed by atoms with E-state index in [9.17, 15) is 31.9 Å². The molecule has 1 aromatic carbocycles. The average Bonchev–Trinajstić information content (AvgIpc) is 3.32. The minimum absolute atomic E-state index is 0.0263. The van der Waals surface area contributed by atoms with E-state index in [1.165, 1.54) is 6.20 Å². The zero-order valence-corrected chi connectivity index (χ0v) is 17.7. The Bertz CT molecular complexity index is 1110. The van der Waals surface area contributed by atoms with Crippen molar-refractivity contribution < 1.29 is 36.6 Å². The van der Waals surface area contributed by atoms with Gasteiger partial charge in [-0.1, -0.05) is 0 Å². The molecule has 5 atom stereocenters. The van der Waals surface area contributed by atoms with Crippen molar-refractivity contribution in [3.05, 3.63) is 58.7 Å². The molecule has 12 heteroatoms. The van der Waals surface area contributed by atoms with E-state index < -0.39 is 41.9 Å². The van der Waals surface area contributed by atoms with Gasteiger partial charge >= 0.3 is 12.3 Å². The second-order valence-electron chi connectivity index (χ2n) is 8.98. The summed E-state index contributed by atoms with van der Waals surface area (Å²) in [6, 6.07) is 1.95. The van der Waals surface area contributed by atoms with Gasteiger partial charge in [0.25, 0.3) is 0 Å². The van der Waals surface area contributed by atoms with E-state index >= 15 is 0 Å². The van der Waals surface area contributed by atoms with Gasteiger partial charge in [-0.15, -0.1) is 0 Å². The predicted molar refractivity (Wildman–Crippen MR) is 107 cm³/mol. The van der Waals surface area contributed by atoms with E-state index in [0.29, 0.717) is 37.2 Å². The van der Waals surface area contributed by atoms with Gasteiger partial charge in [0.05, 0.1) is 12.6 Å². The van der Waals surface area contributed by atoms with Crippen molar-refractivity contribution in [1.82, 2.24) is 20.2 Å². The monoisotopic (exact) mass is 484 g/mol. The van der Waals surface area contributed by atoms with Gasteiger partial charge in [-0.2, -0.15) is 13.2 Å². The molecule has 182 valence electrons. The molecule has 34 heavy (non-hydrogen) atoms. The fraction of sp³-hybridized carbons (Fsp3) is 0.500. The summed E-state index contributed by atoms with van der Waals surface area (Å²) in [5.41, 5.74) is 1.07. The highest BCUT2D eigenvalue weighted by atomic mass is 19.4. The standard InChI is InChI=1S/C22H21F5N4O3/c23-11-1-2-16(24)13(4-11)19-18(30-21(32)33)5-12(9-34-19)31-7-10-3-17-14(15(10)8-31)6-28-20(29-17)22(25,26)27/h1-2,4,6,10,12,15,18-19,30H,3,5,7-9H2,(H,32,33)/t10?,12-,15?,18+,19-/m1/s1. The number of carboxylic acid groups (broad SMARTS) is 1. The van der Waals surface area contributed by atoms with Crippen LogP contribution in [0.15, 0.2) is 24.4 Å². The van der Waals surface area contributed by atoms with Crippen molar-refractivity contribution in [3.8, 4) is 0 Å². The third kappa shape index (κ3) is 4.20. The van der Waals surface area contributed by atoms with Crippen LogP contribution >= 0.6 is 0 Å². The maximum absolute atomic E-state index is 14.3. The van der Waals surface area contributed by atoms with Crippen molar-refractivity contribution >= 4 is 6.09 Å².